The molecule has 0 amide bonds. The van der Waals surface area contributed by atoms with Crippen molar-refractivity contribution < 1.29 is 40.0 Å². The molecule has 0 radical (unpaired) electrons. The van der Waals surface area contributed by atoms with E-state index in [-0.39, 0.29) is 22.6 Å². The molecule has 0 atom stereocenters. The second kappa shape index (κ2) is 10.7. The molecule has 0 aromatic heterocycles. The van der Waals surface area contributed by atoms with E-state index in [2.05, 4.69) is 0 Å². The van der Waals surface area contributed by atoms with Gasteiger partial charge in [-0.05, 0) is 38.1 Å². The van der Waals surface area contributed by atoms with Crippen LogP contribution in [0.3, 0.4) is 0 Å². The Morgan fingerprint density at radius 1 is 0.781 bits per heavy atom. The van der Waals surface area contributed by atoms with Gasteiger partial charge < -0.3 is 0 Å². The summed E-state index contributed by atoms with van der Waals surface area (Å²) in [6.45, 7) is 3.41. The van der Waals surface area contributed by atoms with Gasteiger partial charge in [0.25, 0.3) is 0 Å². The number of halogens is 6. The molecule has 2 aromatic carbocycles. The Hall–Kier alpha value is -2.80. The molecule has 2 rings (SSSR count). The number of rotatable bonds is 8. The second-order valence-electron chi connectivity index (χ2n) is 6.92. The predicted molar refractivity (Wildman–Crippen MR) is 109 cm³/mol. The molecular weight excluding hydrogens is 457 g/mol. The summed E-state index contributed by atoms with van der Waals surface area (Å²) in [4.78, 5) is 0. The molecule has 0 saturated heterocycles. The third-order valence-electron chi connectivity index (χ3n) is 3.99. The quantitative estimate of drug-likeness (QED) is 0.218. The second-order valence-corrected chi connectivity index (χ2v) is 7.73. The molecule has 0 aliphatic rings. The fourth-order valence-corrected chi connectivity index (χ4v) is 3.33. The van der Waals surface area contributed by atoms with Crippen molar-refractivity contribution in [3.05, 3.63) is 82.9 Å². The summed E-state index contributed by atoms with van der Waals surface area (Å²) < 4.78 is 99.0. The van der Waals surface area contributed by atoms with E-state index in [9.17, 15) is 30.9 Å². The lowest BCUT2D eigenvalue weighted by molar-refractivity contribution is -0.125. The Bertz CT molecular complexity index is 930. The number of hydrogen-bond acceptors (Lipinski definition) is 3. The number of alkyl halides is 6. The lowest BCUT2D eigenvalue weighted by Crippen LogP contribution is -2.05. The molecule has 0 aliphatic carbocycles. The Morgan fingerprint density at radius 3 is 1.47 bits per heavy atom. The molecule has 0 heterocycles. The molecule has 32 heavy (non-hydrogen) atoms. The van der Waals surface area contributed by atoms with Gasteiger partial charge in [0, 0.05) is 15.7 Å². The zero-order valence-corrected chi connectivity index (χ0v) is 18.0. The summed E-state index contributed by atoms with van der Waals surface area (Å²) in [5.41, 5.74) is 1.87. The minimum absolute atomic E-state index is 0.220. The zero-order chi connectivity index (χ0) is 23.9. The average Bonchev–Trinajstić information content (AvgIpc) is 2.67. The van der Waals surface area contributed by atoms with Crippen molar-refractivity contribution in [3.8, 4) is 0 Å². The highest BCUT2D eigenvalue weighted by Crippen LogP contribution is 2.39. The minimum Gasteiger partial charge on any atom is -0.222 e. The van der Waals surface area contributed by atoms with Gasteiger partial charge in [0.15, 0.2) is 11.5 Å². The van der Waals surface area contributed by atoms with E-state index in [1.165, 1.54) is 24.3 Å². The van der Waals surface area contributed by atoms with Gasteiger partial charge in [-0.1, -0.05) is 47.5 Å². The molecule has 0 aliphatic heterocycles. The number of hydrogen-bond donors (Lipinski definition) is 0. The van der Waals surface area contributed by atoms with E-state index in [1.54, 1.807) is 38.1 Å². The summed E-state index contributed by atoms with van der Waals surface area (Å²) in [7, 11) is -3.14. The van der Waals surface area contributed by atoms with Crippen LogP contribution in [0.2, 0.25) is 0 Å². The van der Waals surface area contributed by atoms with Crippen LogP contribution in [-0.2, 0) is 13.6 Å². The fraction of sp³-hybridized carbons (Fsp3) is 0.273. The number of benzene rings is 2. The molecule has 0 fully saturated rings. The smallest absolute Gasteiger partial charge is 0.222 e. The van der Waals surface area contributed by atoms with Crippen LogP contribution in [0.4, 0.5) is 26.3 Å². The van der Waals surface area contributed by atoms with Crippen molar-refractivity contribution in [2.24, 2.45) is 0 Å². The molecular formula is C22H20F6O3P+. The summed E-state index contributed by atoms with van der Waals surface area (Å²) in [5, 5.41) is 0. The largest absolute Gasteiger partial charge is 0.805 e. The topological polar surface area (TPSA) is 35.5 Å². The first-order valence-electron chi connectivity index (χ1n) is 9.33. The van der Waals surface area contributed by atoms with Gasteiger partial charge in [-0.2, -0.15) is 26.3 Å². The van der Waals surface area contributed by atoms with E-state index in [0.29, 0.717) is 23.3 Å². The van der Waals surface area contributed by atoms with Crippen molar-refractivity contribution in [2.45, 2.75) is 39.0 Å². The highest BCUT2D eigenvalue weighted by atomic mass is 31.1. The number of allylic oxidation sites excluding steroid dienone is 2. The Kier molecular flexibility index (Phi) is 8.50. The van der Waals surface area contributed by atoms with Crippen molar-refractivity contribution >= 4 is 19.8 Å². The standard InChI is InChI=1S/C22H20F6O3P/c1-15-5-3-7-17(13-15)19(9-11-21(23,24)25)30-32(29)31-20(10-12-22(26,27)28)18-8-4-6-16(2)14-18/h3-10,13-14H,11-12H2,1-2H3/q+1. The molecule has 0 N–H and O–H groups in total. The normalized spacial score (nSPS) is 13.7. The maximum atomic E-state index is 12.7. The summed E-state index contributed by atoms with van der Waals surface area (Å²) in [5.74, 6) is -0.710. The summed E-state index contributed by atoms with van der Waals surface area (Å²) in [6.07, 6.45) is -10.4. The van der Waals surface area contributed by atoms with Crippen LogP contribution in [0.5, 0.6) is 0 Å². The minimum atomic E-state index is -4.54. The highest BCUT2D eigenvalue weighted by molar-refractivity contribution is 7.34. The van der Waals surface area contributed by atoms with E-state index >= 15 is 0 Å². The molecule has 0 spiro atoms. The fourth-order valence-electron chi connectivity index (χ4n) is 2.61. The van der Waals surface area contributed by atoms with Crippen molar-refractivity contribution in [1.82, 2.24) is 0 Å². The van der Waals surface area contributed by atoms with Gasteiger partial charge in [-0.25, -0.2) is 9.05 Å². The predicted octanol–water partition coefficient (Wildman–Crippen LogP) is 8.28. The van der Waals surface area contributed by atoms with E-state index in [4.69, 9.17) is 9.05 Å². The monoisotopic (exact) mass is 477 g/mol. The van der Waals surface area contributed by atoms with Gasteiger partial charge >= 0.3 is 20.6 Å². The Balaban J connectivity index is 2.31. The van der Waals surface area contributed by atoms with E-state index in [0.717, 1.165) is 0 Å². The Labute approximate surface area is 182 Å². The maximum absolute atomic E-state index is 12.7. The summed E-state index contributed by atoms with van der Waals surface area (Å²) >= 11 is 0. The van der Waals surface area contributed by atoms with Crippen molar-refractivity contribution in [3.63, 3.8) is 0 Å². The average molecular weight is 477 g/mol. The molecule has 0 unspecified atom stereocenters. The van der Waals surface area contributed by atoms with Crippen LogP contribution in [0.25, 0.3) is 11.5 Å². The van der Waals surface area contributed by atoms with Crippen LogP contribution in [0, 0.1) is 13.8 Å². The summed E-state index contributed by atoms with van der Waals surface area (Å²) in [6, 6.07) is 12.5. The van der Waals surface area contributed by atoms with Gasteiger partial charge in [0.1, 0.15) is 0 Å². The third-order valence-corrected chi connectivity index (χ3v) is 4.68. The number of aryl methyl sites for hydroxylation is 2. The zero-order valence-electron chi connectivity index (χ0n) is 17.1. The first-order valence-corrected chi connectivity index (χ1v) is 10.4. The van der Waals surface area contributed by atoms with Gasteiger partial charge in [-0.15, -0.1) is 0 Å². The molecule has 10 heteroatoms. The van der Waals surface area contributed by atoms with E-state index in [1.807, 2.05) is 0 Å². The molecule has 172 valence electrons. The first kappa shape index (κ1) is 25.5. The lowest BCUT2D eigenvalue weighted by atomic mass is 10.1. The van der Waals surface area contributed by atoms with Crippen molar-refractivity contribution in [2.75, 3.05) is 0 Å². The van der Waals surface area contributed by atoms with Crippen LogP contribution in [-0.4, -0.2) is 12.4 Å². The maximum Gasteiger partial charge on any atom is 0.805 e. The van der Waals surface area contributed by atoms with Crippen LogP contribution >= 0.6 is 8.25 Å². The van der Waals surface area contributed by atoms with Crippen LogP contribution in [0.15, 0.2) is 60.7 Å². The molecule has 0 bridgehead atoms. The highest BCUT2D eigenvalue weighted by Gasteiger charge is 2.32. The SMILES string of the molecule is Cc1cccc(C(=CCC(F)(F)F)O[P+](=O)OC(=CCC(F)(F)F)c2cccc(C)c2)c1. The molecule has 0 saturated carbocycles. The van der Waals surface area contributed by atoms with Crippen LogP contribution < -0.4 is 0 Å². The molecule has 3 nitrogen and oxygen atoms in total. The lowest BCUT2D eigenvalue weighted by Gasteiger charge is -2.07. The van der Waals surface area contributed by atoms with Gasteiger partial charge in [0.2, 0.25) is 0 Å². The van der Waals surface area contributed by atoms with E-state index < -0.39 is 33.4 Å². The first-order chi connectivity index (χ1) is 14.8. The third kappa shape index (κ3) is 9.14. The van der Waals surface area contributed by atoms with Crippen molar-refractivity contribution in [1.29, 1.82) is 0 Å². The molecule has 2 aromatic rings. The van der Waals surface area contributed by atoms with Gasteiger partial charge in [-0.3, -0.25) is 0 Å². The van der Waals surface area contributed by atoms with Crippen LogP contribution in [0.1, 0.15) is 35.1 Å². The van der Waals surface area contributed by atoms with Gasteiger partial charge in [0.05, 0.1) is 12.8 Å². The Morgan fingerprint density at radius 2 is 1.16 bits per heavy atom.